The van der Waals surface area contributed by atoms with Gasteiger partial charge in [0.05, 0.1) is 15.8 Å². The summed E-state index contributed by atoms with van der Waals surface area (Å²) in [5, 5.41) is 3.10. The first-order valence-electron chi connectivity index (χ1n) is 7.93. The molecule has 0 aliphatic rings. The number of nitrogens with zero attached hydrogens (tertiary/aromatic N) is 1. The third-order valence-corrected chi connectivity index (χ3v) is 6.22. The molecule has 142 valence electrons. The van der Waals surface area contributed by atoms with Crippen LogP contribution in [0.1, 0.15) is 18.5 Å². The predicted molar refractivity (Wildman–Crippen MR) is 103 cm³/mol. The Morgan fingerprint density at radius 1 is 1.30 bits per heavy atom. The van der Waals surface area contributed by atoms with Crippen LogP contribution in [-0.2, 0) is 14.8 Å². The van der Waals surface area contributed by atoms with E-state index < -0.39 is 27.5 Å². The lowest BCUT2D eigenvalue weighted by Crippen LogP contribution is -2.25. The van der Waals surface area contributed by atoms with Gasteiger partial charge >= 0.3 is 0 Å². The zero-order valence-corrected chi connectivity index (χ0v) is 16.1. The molecule has 0 saturated heterocycles. The number of primary amides is 1. The van der Waals surface area contributed by atoms with Gasteiger partial charge in [0.1, 0.15) is 6.04 Å². The molecule has 0 bridgehead atoms. The second-order valence-corrected chi connectivity index (χ2v) is 8.15. The quantitative estimate of drug-likeness (QED) is 0.597. The van der Waals surface area contributed by atoms with Crippen LogP contribution in [0.2, 0.25) is 5.02 Å². The molecule has 3 aromatic rings. The van der Waals surface area contributed by atoms with Crippen molar-refractivity contribution in [2.45, 2.75) is 24.8 Å². The normalized spacial score (nSPS) is 12.9. The number of nitrogens with two attached hydrogens (primary N) is 1. The molecule has 3 rings (SSSR count). The Morgan fingerprint density at radius 3 is 2.67 bits per heavy atom. The molecule has 8 nitrogen and oxygen atoms in total. The molecule has 2 aromatic carbocycles. The smallest absolute Gasteiger partial charge is 0.272 e. The topological polar surface area (TPSA) is 127 Å². The van der Waals surface area contributed by atoms with Crippen LogP contribution in [-0.4, -0.2) is 24.1 Å². The van der Waals surface area contributed by atoms with Gasteiger partial charge in [-0.05, 0) is 49.7 Å². The number of amides is 1. The molecule has 10 heteroatoms. The van der Waals surface area contributed by atoms with Crippen molar-refractivity contribution in [3.8, 4) is 0 Å². The number of carbonyl (C=O) groups is 1. The van der Waals surface area contributed by atoms with Gasteiger partial charge in [0.2, 0.25) is 5.91 Å². The van der Waals surface area contributed by atoms with Gasteiger partial charge in [-0.2, -0.15) is 0 Å². The van der Waals surface area contributed by atoms with E-state index in [1.807, 2.05) is 0 Å². The SMILES string of the molecule is Cc1c(Cl)cccc1S(=O)(=O)Nc1ccc2c(c1)c(=O)[nH]n2C(C)C(N)=O. The van der Waals surface area contributed by atoms with Crippen LogP contribution in [0.4, 0.5) is 5.69 Å². The number of sulfonamides is 1. The fourth-order valence-corrected chi connectivity index (χ4v) is 4.29. The summed E-state index contributed by atoms with van der Waals surface area (Å²) in [5.41, 5.74) is 5.89. The summed E-state index contributed by atoms with van der Waals surface area (Å²) >= 11 is 6.00. The Hall–Kier alpha value is -2.78. The molecule has 0 aliphatic carbocycles. The minimum Gasteiger partial charge on any atom is -0.368 e. The lowest BCUT2D eigenvalue weighted by molar-refractivity contribution is -0.120. The second-order valence-electron chi connectivity index (χ2n) is 6.09. The third kappa shape index (κ3) is 3.43. The summed E-state index contributed by atoms with van der Waals surface area (Å²) in [5.74, 6) is -0.607. The van der Waals surface area contributed by atoms with Crippen molar-refractivity contribution >= 4 is 44.1 Å². The minimum atomic E-state index is -3.90. The van der Waals surface area contributed by atoms with Crippen LogP contribution in [0.25, 0.3) is 10.9 Å². The Morgan fingerprint density at radius 2 is 2.00 bits per heavy atom. The molecule has 1 heterocycles. The largest absolute Gasteiger partial charge is 0.368 e. The van der Waals surface area contributed by atoms with Crippen molar-refractivity contribution in [1.82, 2.24) is 9.78 Å². The highest BCUT2D eigenvalue weighted by atomic mass is 35.5. The number of aromatic nitrogens is 2. The molecule has 1 unspecified atom stereocenters. The number of aromatic amines is 1. The summed E-state index contributed by atoms with van der Waals surface area (Å²) < 4.78 is 29.1. The van der Waals surface area contributed by atoms with Crippen LogP contribution in [0, 0.1) is 6.92 Å². The minimum absolute atomic E-state index is 0.0453. The van der Waals surface area contributed by atoms with Crippen molar-refractivity contribution in [3.05, 3.63) is 57.3 Å². The molecule has 1 aromatic heterocycles. The van der Waals surface area contributed by atoms with Crippen LogP contribution in [0.3, 0.4) is 0 Å². The zero-order chi connectivity index (χ0) is 19.9. The van der Waals surface area contributed by atoms with Gasteiger partial charge < -0.3 is 5.73 Å². The highest BCUT2D eigenvalue weighted by molar-refractivity contribution is 7.92. The number of rotatable bonds is 5. The van der Waals surface area contributed by atoms with Gasteiger partial charge in [0, 0.05) is 10.7 Å². The zero-order valence-electron chi connectivity index (χ0n) is 14.5. The molecule has 1 amide bonds. The van der Waals surface area contributed by atoms with Crippen molar-refractivity contribution in [2.24, 2.45) is 5.73 Å². The summed E-state index contributed by atoms with van der Waals surface area (Å²) in [6, 6.07) is 8.27. The number of hydrogen-bond donors (Lipinski definition) is 3. The Kier molecular flexibility index (Phi) is 4.75. The lowest BCUT2D eigenvalue weighted by Gasteiger charge is -2.12. The van der Waals surface area contributed by atoms with E-state index in [1.165, 1.54) is 28.9 Å². The van der Waals surface area contributed by atoms with E-state index in [4.69, 9.17) is 17.3 Å². The van der Waals surface area contributed by atoms with Gasteiger partial charge in [-0.15, -0.1) is 0 Å². The van der Waals surface area contributed by atoms with Gasteiger partial charge in [-0.1, -0.05) is 17.7 Å². The van der Waals surface area contributed by atoms with Crippen LogP contribution >= 0.6 is 11.6 Å². The van der Waals surface area contributed by atoms with E-state index in [9.17, 15) is 18.0 Å². The number of H-pyrrole nitrogens is 1. The summed E-state index contributed by atoms with van der Waals surface area (Å²) in [7, 11) is -3.90. The van der Waals surface area contributed by atoms with E-state index in [-0.39, 0.29) is 16.0 Å². The highest BCUT2D eigenvalue weighted by Crippen LogP contribution is 2.26. The molecule has 0 spiro atoms. The van der Waals surface area contributed by atoms with Crippen molar-refractivity contribution in [3.63, 3.8) is 0 Å². The molecule has 1 atom stereocenters. The number of fused-ring (bicyclic) bond motifs is 1. The molecule has 0 aliphatic heterocycles. The van der Waals surface area contributed by atoms with Gasteiger partial charge in [-0.25, -0.2) is 8.42 Å². The van der Waals surface area contributed by atoms with E-state index in [0.717, 1.165) is 0 Å². The Labute approximate surface area is 160 Å². The van der Waals surface area contributed by atoms with E-state index in [0.29, 0.717) is 16.1 Å². The fraction of sp³-hybridized carbons (Fsp3) is 0.176. The fourth-order valence-electron chi connectivity index (χ4n) is 2.74. The maximum absolute atomic E-state index is 12.7. The number of hydrogen-bond acceptors (Lipinski definition) is 4. The standard InChI is InChI=1S/C17H17ClN4O4S/c1-9-13(18)4-3-5-15(9)27(25,26)21-11-6-7-14-12(8-11)17(24)20-22(14)10(2)16(19)23/h3-8,10,21H,1-2H3,(H2,19,23)(H,20,24). The first kappa shape index (κ1) is 19.0. The van der Waals surface area contributed by atoms with Crippen molar-refractivity contribution in [1.29, 1.82) is 0 Å². The van der Waals surface area contributed by atoms with Gasteiger partial charge in [-0.3, -0.25) is 24.1 Å². The molecule has 27 heavy (non-hydrogen) atoms. The molecule has 4 N–H and O–H groups in total. The molecular weight excluding hydrogens is 392 g/mol. The lowest BCUT2D eigenvalue weighted by atomic mass is 10.2. The first-order chi connectivity index (χ1) is 12.6. The first-order valence-corrected chi connectivity index (χ1v) is 9.79. The van der Waals surface area contributed by atoms with Crippen molar-refractivity contribution < 1.29 is 13.2 Å². The number of carbonyl (C=O) groups excluding carboxylic acids is 1. The Bertz CT molecular complexity index is 1210. The number of halogens is 1. The molecule has 0 saturated carbocycles. The van der Waals surface area contributed by atoms with E-state index in [2.05, 4.69) is 9.82 Å². The summed E-state index contributed by atoms with van der Waals surface area (Å²) in [6.45, 7) is 3.16. The second kappa shape index (κ2) is 6.75. The number of anilines is 1. The van der Waals surface area contributed by atoms with Crippen LogP contribution in [0.5, 0.6) is 0 Å². The monoisotopic (exact) mass is 408 g/mol. The van der Waals surface area contributed by atoms with E-state index in [1.54, 1.807) is 26.0 Å². The van der Waals surface area contributed by atoms with Crippen LogP contribution < -0.4 is 16.0 Å². The van der Waals surface area contributed by atoms with E-state index >= 15 is 0 Å². The predicted octanol–water partition coefficient (Wildman–Crippen LogP) is 2.14. The van der Waals surface area contributed by atoms with Gasteiger partial charge in [0.25, 0.3) is 15.6 Å². The average molecular weight is 409 g/mol. The molecular formula is C17H17ClN4O4S. The van der Waals surface area contributed by atoms with Gasteiger partial charge in [0.15, 0.2) is 0 Å². The molecule has 0 radical (unpaired) electrons. The Balaban J connectivity index is 2.04. The summed E-state index contributed by atoms with van der Waals surface area (Å²) in [6.07, 6.45) is 0. The number of nitrogens with one attached hydrogen (secondary N) is 2. The maximum Gasteiger partial charge on any atom is 0.272 e. The average Bonchev–Trinajstić information content (AvgIpc) is 2.92. The third-order valence-electron chi connectivity index (χ3n) is 4.28. The number of benzene rings is 2. The summed E-state index contributed by atoms with van der Waals surface area (Å²) in [4.78, 5) is 23.6. The highest BCUT2D eigenvalue weighted by Gasteiger charge is 2.20. The maximum atomic E-state index is 12.7. The van der Waals surface area contributed by atoms with Crippen molar-refractivity contribution in [2.75, 3.05) is 4.72 Å². The van der Waals surface area contributed by atoms with Crippen LogP contribution in [0.15, 0.2) is 46.1 Å². The molecule has 0 fully saturated rings.